The van der Waals surface area contributed by atoms with Crippen molar-refractivity contribution >= 4 is 5.78 Å². The number of ketones is 1. The topological polar surface area (TPSA) is 48.0 Å². The lowest BCUT2D eigenvalue weighted by Gasteiger charge is -2.13. The molecule has 0 amide bonds. The fraction of sp³-hybridized carbons (Fsp3) is 0.385. The van der Waals surface area contributed by atoms with Crippen LogP contribution in [0.2, 0.25) is 0 Å². The van der Waals surface area contributed by atoms with Crippen molar-refractivity contribution < 1.29 is 9.21 Å². The van der Waals surface area contributed by atoms with E-state index in [4.69, 9.17) is 4.42 Å². The molecule has 0 aliphatic heterocycles. The van der Waals surface area contributed by atoms with E-state index in [9.17, 15) is 4.79 Å². The molecule has 2 heterocycles. The molecule has 2 aromatic heterocycles. The second-order valence-electron chi connectivity index (χ2n) is 4.45. The molecule has 0 spiro atoms. The van der Waals surface area contributed by atoms with Crippen LogP contribution in [-0.4, -0.2) is 15.3 Å². The van der Waals surface area contributed by atoms with Gasteiger partial charge in [0.1, 0.15) is 5.76 Å². The minimum absolute atomic E-state index is 0.258. The van der Waals surface area contributed by atoms with Gasteiger partial charge in [-0.1, -0.05) is 0 Å². The Morgan fingerprint density at radius 2 is 2.35 bits per heavy atom. The van der Waals surface area contributed by atoms with Crippen LogP contribution < -0.4 is 0 Å². The van der Waals surface area contributed by atoms with Crippen molar-refractivity contribution in [3.63, 3.8) is 0 Å². The first kappa shape index (κ1) is 10.3. The van der Waals surface area contributed by atoms with Crippen LogP contribution >= 0.6 is 0 Å². The van der Waals surface area contributed by atoms with Gasteiger partial charge in [-0.2, -0.15) is 0 Å². The molecule has 0 fully saturated rings. The van der Waals surface area contributed by atoms with Gasteiger partial charge in [-0.3, -0.25) is 4.79 Å². The molecule has 0 saturated carbocycles. The lowest BCUT2D eigenvalue weighted by Crippen LogP contribution is -2.13. The Bertz CT molecular complexity index is 566. The van der Waals surface area contributed by atoms with Gasteiger partial charge in [-0.25, -0.2) is 4.98 Å². The van der Waals surface area contributed by atoms with Crippen molar-refractivity contribution in [3.05, 3.63) is 41.4 Å². The molecule has 0 bridgehead atoms. The Hall–Kier alpha value is -1.84. The zero-order valence-electron chi connectivity index (χ0n) is 9.77. The van der Waals surface area contributed by atoms with Crippen molar-refractivity contribution in [3.8, 4) is 0 Å². The molecule has 17 heavy (non-hydrogen) atoms. The number of Topliss-reactive ketones (excluding diaryl/α,β-unsaturated/α-hetero) is 1. The van der Waals surface area contributed by atoms with Gasteiger partial charge in [0, 0.05) is 23.9 Å². The van der Waals surface area contributed by atoms with Crippen LogP contribution in [0, 0.1) is 6.92 Å². The Morgan fingerprint density at radius 3 is 3.12 bits per heavy atom. The number of aromatic nitrogens is 2. The molecule has 0 atom stereocenters. The molecule has 0 unspecified atom stereocenters. The van der Waals surface area contributed by atoms with Gasteiger partial charge in [-0.05, 0) is 25.8 Å². The fourth-order valence-electron chi connectivity index (χ4n) is 2.36. The number of fused-ring (bicyclic) bond motifs is 1. The second kappa shape index (κ2) is 3.87. The molecule has 4 heteroatoms. The number of rotatable bonds is 2. The Labute approximate surface area is 99.3 Å². The van der Waals surface area contributed by atoms with Gasteiger partial charge in [0.15, 0.2) is 5.78 Å². The summed E-state index contributed by atoms with van der Waals surface area (Å²) in [7, 11) is 0. The predicted molar refractivity (Wildman–Crippen MR) is 62.0 cm³/mol. The normalized spacial score (nSPS) is 15.0. The van der Waals surface area contributed by atoms with Crippen molar-refractivity contribution in [2.24, 2.45) is 0 Å². The van der Waals surface area contributed by atoms with E-state index < -0.39 is 0 Å². The largest absolute Gasteiger partial charge is 0.444 e. The van der Waals surface area contributed by atoms with Gasteiger partial charge in [0.2, 0.25) is 5.89 Å². The summed E-state index contributed by atoms with van der Waals surface area (Å²) >= 11 is 0. The molecule has 0 radical (unpaired) electrons. The van der Waals surface area contributed by atoms with Crippen LogP contribution in [0.25, 0.3) is 0 Å². The highest BCUT2D eigenvalue weighted by atomic mass is 16.4. The molecular formula is C13H14N2O2. The van der Waals surface area contributed by atoms with Crippen LogP contribution in [0.5, 0.6) is 0 Å². The van der Waals surface area contributed by atoms with E-state index in [2.05, 4.69) is 9.55 Å². The maximum atomic E-state index is 11.7. The van der Waals surface area contributed by atoms with Crippen LogP contribution in [-0.2, 0) is 13.0 Å². The fourth-order valence-corrected chi connectivity index (χ4v) is 2.36. The summed E-state index contributed by atoms with van der Waals surface area (Å²) in [4.78, 5) is 15.9. The maximum absolute atomic E-state index is 11.7. The van der Waals surface area contributed by atoms with E-state index in [0.717, 1.165) is 29.9 Å². The molecule has 0 saturated heterocycles. The molecular weight excluding hydrogens is 216 g/mol. The molecule has 2 aromatic rings. The number of carbonyl (C=O) groups is 1. The number of carbonyl (C=O) groups excluding carboxylic acids is 1. The van der Waals surface area contributed by atoms with E-state index >= 15 is 0 Å². The lowest BCUT2D eigenvalue weighted by atomic mass is 9.97. The van der Waals surface area contributed by atoms with E-state index in [0.29, 0.717) is 18.9 Å². The highest BCUT2D eigenvalue weighted by molar-refractivity contribution is 5.98. The third-order valence-electron chi connectivity index (χ3n) is 3.17. The third-order valence-corrected chi connectivity index (χ3v) is 3.17. The Morgan fingerprint density at radius 1 is 1.47 bits per heavy atom. The van der Waals surface area contributed by atoms with Crippen LogP contribution in [0.1, 0.15) is 40.5 Å². The summed E-state index contributed by atoms with van der Waals surface area (Å²) in [6, 6.07) is 1.91. The van der Waals surface area contributed by atoms with Gasteiger partial charge >= 0.3 is 0 Å². The smallest absolute Gasteiger partial charge is 0.214 e. The average molecular weight is 230 g/mol. The summed E-state index contributed by atoms with van der Waals surface area (Å²) < 4.78 is 7.52. The Balaban J connectivity index is 1.91. The number of oxazole rings is 1. The summed E-state index contributed by atoms with van der Waals surface area (Å²) in [6.07, 6.45) is 6.26. The summed E-state index contributed by atoms with van der Waals surface area (Å²) in [6.45, 7) is 2.49. The summed E-state index contributed by atoms with van der Waals surface area (Å²) in [5.41, 5.74) is 2.00. The van der Waals surface area contributed by atoms with Crippen molar-refractivity contribution in [1.82, 2.24) is 9.55 Å². The lowest BCUT2D eigenvalue weighted by molar-refractivity contribution is 0.0971. The van der Waals surface area contributed by atoms with E-state index in [-0.39, 0.29) is 5.78 Å². The first-order valence-electron chi connectivity index (χ1n) is 5.86. The summed E-state index contributed by atoms with van der Waals surface area (Å²) in [5.74, 6) is 1.77. The first-order chi connectivity index (χ1) is 8.24. The van der Waals surface area contributed by atoms with Crippen LogP contribution in [0.4, 0.5) is 0 Å². The first-order valence-corrected chi connectivity index (χ1v) is 5.86. The number of aryl methyl sites for hydroxylation is 1. The van der Waals surface area contributed by atoms with Gasteiger partial charge in [-0.15, -0.1) is 0 Å². The zero-order valence-corrected chi connectivity index (χ0v) is 9.77. The standard InChI is InChI=1S/C13H14N2O2/c1-9-7-14-13(17-9)8-15-6-5-10-11(15)3-2-4-12(10)16/h5-7H,2-4,8H2,1H3. The van der Waals surface area contributed by atoms with Gasteiger partial charge in [0.05, 0.1) is 12.7 Å². The van der Waals surface area contributed by atoms with Crippen molar-refractivity contribution in [2.75, 3.05) is 0 Å². The van der Waals surface area contributed by atoms with Gasteiger partial charge in [0.25, 0.3) is 0 Å². The van der Waals surface area contributed by atoms with E-state index in [1.54, 1.807) is 6.20 Å². The van der Waals surface area contributed by atoms with Crippen molar-refractivity contribution in [1.29, 1.82) is 0 Å². The molecule has 4 nitrogen and oxygen atoms in total. The quantitative estimate of drug-likeness (QED) is 0.795. The monoisotopic (exact) mass is 230 g/mol. The highest BCUT2D eigenvalue weighted by Gasteiger charge is 2.20. The second-order valence-corrected chi connectivity index (χ2v) is 4.45. The highest BCUT2D eigenvalue weighted by Crippen LogP contribution is 2.23. The number of nitrogens with zero attached hydrogens (tertiary/aromatic N) is 2. The zero-order chi connectivity index (χ0) is 11.8. The number of hydrogen-bond donors (Lipinski definition) is 0. The third kappa shape index (κ3) is 1.79. The van der Waals surface area contributed by atoms with Gasteiger partial charge < -0.3 is 8.98 Å². The van der Waals surface area contributed by atoms with E-state index in [1.165, 1.54) is 0 Å². The maximum Gasteiger partial charge on any atom is 0.214 e. The minimum atomic E-state index is 0.258. The average Bonchev–Trinajstić information content (AvgIpc) is 2.88. The number of hydrogen-bond acceptors (Lipinski definition) is 3. The molecule has 1 aliphatic rings. The molecule has 1 aliphatic carbocycles. The van der Waals surface area contributed by atoms with Crippen LogP contribution in [0.3, 0.4) is 0 Å². The molecule has 0 N–H and O–H groups in total. The SMILES string of the molecule is Cc1cnc(Cn2ccc3c2CCCC3=O)o1. The molecule has 3 rings (SSSR count). The van der Waals surface area contributed by atoms with Crippen LogP contribution in [0.15, 0.2) is 22.9 Å². The molecule has 88 valence electrons. The van der Waals surface area contributed by atoms with E-state index in [1.807, 2.05) is 19.2 Å². The Kier molecular flexibility index (Phi) is 2.35. The minimum Gasteiger partial charge on any atom is -0.444 e. The predicted octanol–water partition coefficient (Wildman–Crippen LogP) is 2.35. The van der Waals surface area contributed by atoms with Crippen molar-refractivity contribution in [2.45, 2.75) is 32.7 Å². The molecule has 0 aromatic carbocycles. The summed E-state index contributed by atoms with van der Waals surface area (Å²) in [5, 5.41) is 0.